The van der Waals surface area contributed by atoms with E-state index in [1.807, 2.05) is 24.3 Å². The summed E-state index contributed by atoms with van der Waals surface area (Å²) in [6.07, 6.45) is 0.418. The number of non-ortho nitro benzene ring substituents is 2. The number of ether oxygens (including phenoxy) is 2. The van der Waals surface area contributed by atoms with Gasteiger partial charge in [-0.15, -0.1) is 0 Å². The molecule has 0 amide bonds. The van der Waals surface area contributed by atoms with Crippen LogP contribution in [0.15, 0.2) is 90.4 Å². The highest BCUT2D eigenvalue weighted by Crippen LogP contribution is 2.75. The number of esters is 1. The first-order valence-electron chi connectivity index (χ1n) is 15.5. The fourth-order valence-corrected chi connectivity index (χ4v) is 8.18. The number of nitro benzene ring substituents is 2. The van der Waals surface area contributed by atoms with Crippen molar-refractivity contribution in [2.24, 2.45) is 0 Å². The lowest BCUT2D eigenvalue weighted by atomic mass is 9.85. The molecule has 0 bridgehead atoms. The largest absolute Gasteiger partial charge is 0.481 e. The van der Waals surface area contributed by atoms with E-state index >= 15 is 0 Å². The van der Waals surface area contributed by atoms with Crippen LogP contribution in [0.4, 0.5) is 11.4 Å². The van der Waals surface area contributed by atoms with Crippen LogP contribution in [0.1, 0.15) is 41.7 Å². The summed E-state index contributed by atoms with van der Waals surface area (Å²) in [6, 6.07) is 21.3. The molecule has 1 N–H and O–H groups in total. The van der Waals surface area contributed by atoms with E-state index in [1.165, 1.54) is 12.1 Å². The van der Waals surface area contributed by atoms with Gasteiger partial charge in [0.2, 0.25) is 5.71 Å². The molecule has 4 aromatic carbocycles. The van der Waals surface area contributed by atoms with Gasteiger partial charge in [-0.05, 0) is 72.0 Å². The van der Waals surface area contributed by atoms with E-state index in [-0.39, 0.29) is 30.9 Å². The molecular weight excluding hydrogens is 673 g/mol. The van der Waals surface area contributed by atoms with E-state index in [1.54, 1.807) is 54.8 Å². The molecule has 1 spiro atoms. The van der Waals surface area contributed by atoms with Crippen molar-refractivity contribution >= 4 is 46.3 Å². The summed E-state index contributed by atoms with van der Waals surface area (Å²) < 4.78 is 13.4. The first-order chi connectivity index (χ1) is 23.5. The Balaban J connectivity index is 1.70. The Labute approximate surface area is 289 Å². The van der Waals surface area contributed by atoms with Crippen LogP contribution >= 0.6 is 23.2 Å². The summed E-state index contributed by atoms with van der Waals surface area (Å²) in [5.74, 6) is -1.23. The Kier molecular flexibility index (Phi) is 7.72. The van der Waals surface area contributed by atoms with Crippen LogP contribution in [0.5, 0.6) is 0 Å². The van der Waals surface area contributed by atoms with Crippen molar-refractivity contribution in [1.29, 1.82) is 0 Å². The molecule has 49 heavy (non-hydrogen) atoms. The van der Waals surface area contributed by atoms with Crippen molar-refractivity contribution in [1.82, 2.24) is 0 Å². The van der Waals surface area contributed by atoms with Gasteiger partial charge in [0.1, 0.15) is 17.5 Å². The zero-order chi connectivity index (χ0) is 34.8. The number of fused-ring (bicyclic) bond motifs is 6. The van der Waals surface area contributed by atoms with E-state index in [9.17, 15) is 30.1 Å². The molecule has 1 heterocycles. The summed E-state index contributed by atoms with van der Waals surface area (Å²) >= 11 is 13.3. The molecule has 248 valence electrons. The molecule has 1 fully saturated rings. The van der Waals surface area contributed by atoms with Gasteiger partial charge in [0.25, 0.3) is 17.3 Å². The van der Waals surface area contributed by atoms with Gasteiger partial charge >= 0.3 is 11.5 Å². The molecule has 2 aliphatic carbocycles. The van der Waals surface area contributed by atoms with Gasteiger partial charge in [-0.1, -0.05) is 53.5 Å². The minimum Gasteiger partial charge on any atom is -0.481 e. The average Bonchev–Trinajstić information content (AvgIpc) is 3.65. The minimum absolute atomic E-state index is 0.0216. The molecule has 1 saturated carbocycles. The Morgan fingerprint density at radius 1 is 0.837 bits per heavy atom. The summed E-state index contributed by atoms with van der Waals surface area (Å²) in [4.78, 5) is 37.8. The van der Waals surface area contributed by atoms with Gasteiger partial charge in [0.05, 0.1) is 34.7 Å². The maximum atomic E-state index is 15.0. The third-order valence-corrected chi connectivity index (χ3v) is 9.96. The molecule has 3 aliphatic rings. The maximum absolute atomic E-state index is 15.0. The molecule has 13 heteroatoms. The zero-order valence-corrected chi connectivity index (χ0v) is 27.7. The maximum Gasteiger partial charge on any atom is 0.385 e. The molecule has 0 aromatic heterocycles. The van der Waals surface area contributed by atoms with E-state index in [4.69, 9.17) is 32.7 Å². The van der Waals surface area contributed by atoms with Crippen molar-refractivity contribution < 1.29 is 33.8 Å². The lowest BCUT2D eigenvalue weighted by Gasteiger charge is -2.26. The molecule has 1 atom stereocenters. The van der Waals surface area contributed by atoms with Crippen molar-refractivity contribution in [3.05, 3.63) is 148 Å². The van der Waals surface area contributed by atoms with E-state index in [2.05, 4.69) is 0 Å². The first-order valence-corrected chi connectivity index (χ1v) is 16.3. The summed E-state index contributed by atoms with van der Waals surface area (Å²) in [6.45, 7) is 3.55. The summed E-state index contributed by atoms with van der Waals surface area (Å²) in [5, 5.41) is 36.8. The first kappa shape index (κ1) is 32.3. The molecule has 11 nitrogen and oxygen atoms in total. The molecule has 0 radical (unpaired) electrons. The Bertz CT molecular complexity index is 2110. The number of rotatable bonds is 8. The highest BCUT2D eigenvalue weighted by atomic mass is 35.5. The topological polar surface area (TPSA) is 145 Å². The summed E-state index contributed by atoms with van der Waals surface area (Å²) in [5.41, 5.74) is 0.396. The van der Waals surface area contributed by atoms with Crippen LogP contribution in [-0.2, 0) is 26.1 Å². The van der Waals surface area contributed by atoms with E-state index in [0.29, 0.717) is 38.9 Å². The average molecular weight is 702 g/mol. The van der Waals surface area contributed by atoms with Gasteiger partial charge in [0.15, 0.2) is 0 Å². The number of hydrogen-bond donors (Lipinski definition) is 1. The van der Waals surface area contributed by atoms with Crippen molar-refractivity contribution in [3.63, 3.8) is 0 Å². The number of halogens is 2. The standard InChI is InChI=1S/C36H27Cl2N3O8/c1-3-48-33(42)32-35(29-17-22(37)9-11-27(29)28-12-10-23(38)18-30(28)35)36(32,34(43)49-4-2)39-14-13-20-7-5-6-8-26(20)31(39)21-15-24(40(44)45)19-25(16-21)41(46)47/h5-12,15-19H,3-4,13-14H2,1-2H3/p+1/b33-32-. The highest BCUT2D eigenvalue weighted by Gasteiger charge is 2.92. The van der Waals surface area contributed by atoms with Crippen LogP contribution in [0.3, 0.4) is 0 Å². The quantitative estimate of drug-likeness (QED) is 0.0662. The molecule has 1 unspecified atom stereocenters. The van der Waals surface area contributed by atoms with Gasteiger partial charge < -0.3 is 14.6 Å². The zero-order valence-electron chi connectivity index (χ0n) is 26.2. The van der Waals surface area contributed by atoms with Gasteiger partial charge in [-0.2, -0.15) is 0 Å². The summed E-state index contributed by atoms with van der Waals surface area (Å²) in [7, 11) is 0. The van der Waals surface area contributed by atoms with Crippen molar-refractivity contribution in [2.75, 3.05) is 19.8 Å². The van der Waals surface area contributed by atoms with Crippen LogP contribution in [-0.4, -0.2) is 56.5 Å². The van der Waals surface area contributed by atoms with E-state index in [0.717, 1.165) is 22.8 Å². The number of hydrogen-bond acceptors (Lipinski definition) is 8. The van der Waals surface area contributed by atoms with Gasteiger partial charge in [0, 0.05) is 34.2 Å². The molecular formula is C36H28Cl2N3O8+. The highest BCUT2D eigenvalue weighted by molar-refractivity contribution is 6.31. The Hall–Kier alpha value is -5.26. The van der Waals surface area contributed by atoms with Crippen LogP contribution in [0.25, 0.3) is 11.1 Å². The molecule has 0 saturated heterocycles. The van der Waals surface area contributed by atoms with Gasteiger partial charge in [-0.3, -0.25) is 20.2 Å². The molecule has 1 aliphatic heterocycles. The predicted molar refractivity (Wildman–Crippen MR) is 182 cm³/mol. The van der Waals surface area contributed by atoms with Gasteiger partial charge in [-0.25, -0.2) is 9.37 Å². The predicted octanol–water partition coefficient (Wildman–Crippen LogP) is 7.30. The minimum atomic E-state index is -1.86. The second kappa shape index (κ2) is 11.7. The molecule has 4 aromatic rings. The third-order valence-electron chi connectivity index (χ3n) is 9.49. The lowest BCUT2D eigenvalue weighted by Crippen LogP contribution is -2.50. The number of nitrogens with zero attached hydrogens (tertiary/aromatic N) is 3. The van der Waals surface area contributed by atoms with Crippen molar-refractivity contribution in [3.8, 4) is 11.1 Å². The number of nitro groups is 2. The fraction of sp³-hybridized carbons (Fsp3) is 0.222. The van der Waals surface area contributed by atoms with E-state index < -0.39 is 44.1 Å². The Morgan fingerprint density at radius 2 is 1.41 bits per heavy atom. The van der Waals surface area contributed by atoms with Crippen LogP contribution in [0.2, 0.25) is 10.0 Å². The fourth-order valence-electron chi connectivity index (χ4n) is 7.83. The monoisotopic (exact) mass is 700 g/mol. The van der Waals surface area contributed by atoms with Crippen LogP contribution < -0.4 is 0 Å². The second-order valence-corrected chi connectivity index (χ2v) is 12.7. The van der Waals surface area contributed by atoms with Crippen molar-refractivity contribution in [2.45, 2.75) is 31.2 Å². The van der Waals surface area contributed by atoms with Crippen LogP contribution in [0, 0.1) is 20.2 Å². The SMILES string of the molecule is CCOC(=O)C1([N+]2=C(c3cc([N+](=O)[O-])cc([N+](=O)[O-])c3)c3ccccc3CC2)/C(=C(/O)OCC)C12c1cc(Cl)ccc1-c1ccc(Cl)cc12. The number of carbonyl (C=O) groups excluding carboxylic acids is 1. The number of aliphatic hydroxyl groups is 1. The second-order valence-electron chi connectivity index (χ2n) is 11.8. The number of aliphatic hydroxyl groups excluding tert-OH is 1. The number of carbonyl (C=O) groups is 1. The molecule has 7 rings (SSSR count). The third kappa shape index (κ3) is 4.49. The normalized spacial score (nSPS) is 19.1. The number of benzene rings is 4. The lowest BCUT2D eigenvalue weighted by molar-refractivity contribution is -0.569. The smallest absolute Gasteiger partial charge is 0.385 e. The Morgan fingerprint density at radius 3 is 1.96 bits per heavy atom.